The Morgan fingerprint density at radius 1 is 1.40 bits per heavy atom. The van der Waals surface area contributed by atoms with Crippen molar-refractivity contribution in [3.63, 3.8) is 0 Å². The van der Waals surface area contributed by atoms with Crippen molar-refractivity contribution >= 4 is 11.2 Å². The summed E-state index contributed by atoms with van der Waals surface area (Å²) in [7, 11) is 0. The lowest BCUT2D eigenvalue weighted by atomic mass is 9.97. The second-order valence-electron chi connectivity index (χ2n) is 6.67. The summed E-state index contributed by atoms with van der Waals surface area (Å²) in [6.45, 7) is 8.41. The first-order chi connectivity index (χ1) is 9.55. The lowest BCUT2D eigenvalue weighted by molar-refractivity contribution is 0.0537. The van der Waals surface area contributed by atoms with Crippen LogP contribution in [0.5, 0.6) is 0 Å². The van der Waals surface area contributed by atoms with E-state index in [0.717, 1.165) is 36.6 Å². The summed E-state index contributed by atoms with van der Waals surface area (Å²) in [5, 5.41) is 0. The molecule has 4 heteroatoms. The van der Waals surface area contributed by atoms with E-state index in [0.29, 0.717) is 5.92 Å². The average molecular weight is 273 g/mol. The predicted molar refractivity (Wildman–Crippen MR) is 79.8 cm³/mol. The molecule has 1 unspecified atom stereocenters. The molecule has 0 radical (unpaired) electrons. The summed E-state index contributed by atoms with van der Waals surface area (Å²) in [6.07, 6.45) is 5.23. The summed E-state index contributed by atoms with van der Waals surface area (Å²) < 4.78 is 7.89. The van der Waals surface area contributed by atoms with Crippen molar-refractivity contribution in [3.05, 3.63) is 24.2 Å². The van der Waals surface area contributed by atoms with Crippen molar-refractivity contribution in [3.8, 4) is 0 Å². The fraction of sp³-hybridized carbons (Fsp3) is 0.625. The van der Waals surface area contributed by atoms with Crippen LogP contribution in [-0.2, 0) is 16.7 Å². The Kier molecular flexibility index (Phi) is 3.50. The predicted octanol–water partition coefficient (Wildman–Crippen LogP) is 3.16. The maximum Gasteiger partial charge on any atom is 0.160 e. The molecule has 2 aromatic heterocycles. The molecule has 1 atom stereocenters. The van der Waals surface area contributed by atoms with E-state index < -0.39 is 0 Å². The average Bonchev–Trinajstić information content (AvgIpc) is 2.77. The van der Waals surface area contributed by atoms with Crippen molar-refractivity contribution in [1.82, 2.24) is 14.5 Å². The van der Waals surface area contributed by atoms with Gasteiger partial charge >= 0.3 is 0 Å². The van der Waals surface area contributed by atoms with E-state index in [-0.39, 0.29) is 5.54 Å². The Balaban J connectivity index is 2.00. The zero-order valence-corrected chi connectivity index (χ0v) is 12.6. The van der Waals surface area contributed by atoms with E-state index in [1.54, 1.807) is 0 Å². The standard InChI is InChI=1S/C16H23N3O/c1-16(2,3)19-14(10-12-6-5-9-20-11-12)18-13-7-4-8-17-15(13)19/h4,7-8,12H,5-6,9-11H2,1-3H3. The van der Waals surface area contributed by atoms with Crippen molar-refractivity contribution < 1.29 is 4.74 Å². The molecule has 0 saturated carbocycles. The molecular formula is C16H23N3O. The smallest absolute Gasteiger partial charge is 0.160 e. The topological polar surface area (TPSA) is 39.9 Å². The molecule has 3 heterocycles. The molecule has 1 fully saturated rings. The van der Waals surface area contributed by atoms with Gasteiger partial charge in [-0.3, -0.25) is 0 Å². The van der Waals surface area contributed by atoms with E-state index >= 15 is 0 Å². The quantitative estimate of drug-likeness (QED) is 0.844. The fourth-order valence-electron chi connectivity index (χ4n) is 3.03. The van der Waals surface area contributed by atoms with E-state index in [1.165, 1.54) is 12.8 Å². The van der Waals surface area contributed by atoms with Crippen LogP contribution < -0.4 is 0 Å². The highest BCUT2D eigenvalue weighted by Gasteiger charge is 2.25. The number of hydrogen-bond donors (Lipinski definition) is 0. The summed E-state index contributed by atoms with van der Waals surface area (Å²) in [5.41, 5.74) is 1.98. The molecule has 0 N–H and O–H groups in total. The molecule has 3 rings (SSSR count). The van der Waals surface area contributed by atoms with Gasteiger partial charge in [-0.05, 0) is 51.7 Å². The first kappa shape index (κ1) is 13.6. The van der Waals surface area contributed by atoms with E-state index in [2.05, 4.69) is 30.3 Å². The number of imidazole rings is 1. The van der Waals surface area contributed by atoms with Crippen molar-refractivity contribution in [1.29, 1.82) is 0 Å². The molecule has 1 saturated heterocycles. The Labute approximate surface area is 120 Å². The van der Waals surface area contributed by atoms with Gasteiger partial charge in [0, 0.05) is 31.4 Å². The summed E-state index contributed by atoms with van der Waals surface area (Å²) in [6, 6.07) is 4.00. The molecule has 0 aromatic carbocycles. The first-order valence-electron chi connectivity index (χ1n) is 7.46. The van der Waals surface area contributed by atoms with Gasteiger partial charge in [-0.15, -0.1) is 0 Å². The molecule has 4 nitrogen and oxygen atoms in total. The van der Waals surface area contributed by atoms with Crippen LogP contribution in [0.15, 0.2) is 18.3 Å². The van der Waals surface area contributed by atoms with Gasteiger partial charge in [0.15, 0.2) is 5.65 Å². The lowest BCUT2D eigenvalue weighted by Gasteiger charge is -2.27. The Morgan fingerprint density at radius 3 is 2.95 bits per heavy atom. The third kappa shape index (κ3) is 2.57. The summed E-state index contributed by atoms with van der Waals surface area (Å²) in [4.78, 5) is 9.35. The minimum Gasteiger partial charge on any atom is -0.381 e. The molecule has 0 aliphatic carbocycles. The minimum atomic E-state index is -0.00599. The van der Waals surface area contributed by atoms with Crippen molar-refractivity contribution in [2.24, 2.45) is 5.92 Å². The van der Waals surface area contributed by atoms with Gasteiger partial charge in [0.2, 0.25) is 0 Å². The molecule has 1 aliphatic rings. The summed E-state index contributed by atoms with van der Waals surface area (Å²) >= 11 is 0. The van der Waals surface area contributed by atoms with Crippen LogP contribution >= 0.6 is 0 Å². The van der Waals surface area contributed by atoms with Gasteiger partial charge in [-0.1, -0.05) is 0 Å². The molecule has 0 spiro atoms. The van der Waals surface area contributed by atoms with E-state index in [1.807, 2.05) is 18.3 Å². The van der Waals surface area contributed by atoms with Crippen LogP contribution in [0.25, 0.3) is 11.2 Å². The molecule has 1 aliphatic heterocycles. The normalized spacial score (nSPS) is 20.4. The highest BCUT2D eigenvalue weighted by atomic mass is 16.5. The van der Waals surface area contributed by atoms with Gasteiger partial charge in [0.1, 0.15) is 11.3 Å². The van der Waals surface area contributed by atoms with Crippen LogP contribution in [0.1, 0.15) is 39.4 Å². The Hall–Kier alpha value is -1.42. The van der Waals surface area contributed by atoms with Crippen LogP contribution in [0, 0.1) is 5.92 Å². The SMILES string of the molecule is CC(C)(C)n1c(CC2CCCOC2)nc2cccnc21. The minimum absolute atomic E-state index is 0.00599. The largest absolute Gasteiger partial charge is 0.381 e. The van der Waals surface area contributed by atoms with Gasteiger partial charge in [-0.25, -0.2) is 9.97 Å². The Morgan fingerprint density at radius 2 is 2.25 bits per heavy atom. The van der Waals surface area contributed by atoms with Gasteiger partial charge in [-0.2, -0.15) is 0 Å². The number of fused-ring (bicyclic) bond motifs is 1. The van der Waals surface area contributed by atoms with Gasteiger partial charge < -0.3 is 9.30 Å². The second-order valence-corrected chi connectivity index (χ2v) is 6.67. The molecule has 0 amide bonds. The van der Waals surface area contributed by atoms with Gasteiger partial charge in [0.25, 0.3) is 0 Å². The molecule has 20 heavy (non-hydrogen) atoms. The maximum atomic E-state index is 5.60. The van der Waals surface area contributed by atoms with E-state index in [9.17, 15) is 0 Å². The maximum absolute atomic E-state index is 5.60. The third-order valence-electron chi connectivity index (χ3n) is 3.88. The van der Waals surface area contributed by atoms with Crippen molar-refractivity contribution in [2.75, 3.05) is 13.2 Å². The number of hydrogen-bond acceptors (Lipinski definition) is 3. The van der Waals surface area contributed by atoms with Gasteiger partial charge in [0.05, 0.1) is 0 Å². The van der Waals surface area contributed by atoms with Crippen LogP contribution in [0.4, 0.5) is 0 Å². The monoisotopic (exact) mass is 273 g/mol. The highest BCUT2D eigenvalue weighted by Crippen LogP contribution is 2.27. The van der Waals surface area contributed by atoms with Crippen LogP contribution in [0.3, 0.4) is 0 Å². The molecular weight excluding hydrogens is 250 g/mol. The first-order valence-corrected chi connectivity index (χ1v) is 7.46. The lowest BCUT2D eigenvalue weighted by Crippen LogP contribution is -2.27. The number of pyridine rings is 1. The van der Waals surface area contributed by atoms with Crippen molar-refractivity contribution in [2.45, 2.75) is 45.6 Å². The molecule has 0 bridgehead atoms. The number of rotatable bonds is 2. The van der Waals surface area contributed by atoms with Crippen LogP contribution in [-0.4, -0.2) is 27.7 Å². The molecule has 108 valence electrons. The number of ether oxygens (including phenoxy) is 1. The highest BCUT2D eigenvalue weighted by molar-refractivity contribution is 5.71. The van der Waals surface area contributed by atoms with E-state index in [4.69, 9.17) is 9.72 Å². The summed E-state index contributed by atoms with van der Waals surface area (Å²) in [5.74, 6) is 1.73. The number of nitrogens with zero attached hydrogens (tertiary/aromatic N) is 3. The Bertz CT molecular complexity index is 591. The second kappa shape index (κ2) is 5.17. The zero-order chi connectivity index (χ0) is 14.2. The van der Waals surface area contributed by atoms with Crippen LogP contribution in [0.2, 0.25) is 0 Å². The molecule has 2 aromatic rings. The third-order valence-corrected chi connectivity index (χ3v) is 3.88. The zero-order valence-electron chi connectivity index (χ0n) is 12.6. The number of aromatic nitrogens is 3. The fourth-order valence-corrected chi connectivity index (χ4v) is 3.03.